The van der Waals surface area contributed by atoms with Gasteiger partial charge in [0.05, 0.1) is 0 Å². The van der Waals surface area contributed by atoms with Gasteiger partial charge in [-0.15, -0.1) is 0 Å². The first-order valence-electron chi connectivity index (χ1n) is 9.04. The molecule has 0 radical (unpaired) electrons. The van der Waals surface area contributed by atoms with Crippen molar-refractivity contribution < 1.29 is 18.4 Å². The zero-order valence-electron chi connectivity index (χ0n) is 15.9. The molecule has 0 bridgehead atoms. The predicted molar refractivity (Wildman–Crippen MR) is 109 cm³/mol. The molecule has 1 N–H and O–H groups in total. The van der Waals surface area contributed by atoms with Crippen molar-refractivity contribution in [1.29, 1.82) is 0 Å². The van der Waals surface area contributed by atoms with Gasteiger partial charge in [0, 0.05) is 17.1 Å². The fourth-order valence-corrected chi connectivity index (χ4v) is 3.10. The molecule has 2 aromatic heterocycles. The third kappa shape index (κ3) is 4.23. The lowest BCUT2D eigenvalue weighted by molar-refractivity contribution is -0.123. The molecule has 0 fully saturated rings. The van der Waals surface area contributed by atoms with E-state index in [1.807, 2.05) is 30.3 Å². The van der Waals surface area contributed by atoms with Gasteiger partial charge in [-0.1, -0.05) is 53.2 Å². The normalized spacial score (nSPS) is 10.9. The summed E-state index contributed by atoms with van der Waals surface area (Å²) < 4.78 is 24.1. The number of halogens is 2. The molecule has 1 amide bonds. The van der Waals surface area contributed by atoms with Crippen LogP contribution in [0.15, 0.2) is 53.1 Å². The van der Waals surface area contributed by atoms with E-state index in [1.165, 1.54) is 18.2 Å². The molecule has 30 heavy (non-hydrogen) atoms. The predicted octanol–water partition coefficient (Wildman–Crippen LogP) is 4.08. The van der Waals surface area contributed by atoms with Crippen molar-refractivity contribution in [2.75, 3.05) is 6.61 Å². The Labute approximate surface area is 175 Å². The number of ether oxygens (including phenoxy) is 1. The number of hydrogen-bond donors (Lipinski definition) is 1. The third-order valence-corrected chi connectivity index (χ3v) is 4.64. The zero-order chi connectivity index (χ0) is 21.1. The summed E-state index contributed by atoms with van der Waals surface area (Å²) in [6.45, 7) is 1.54. The maximum absolute atomic E-state index is 13.1. The van der Waals surface area contributed by atoms with E-state index in [9.17, 15) is 9.18 Å². The van der Waals surface area contributed by atoms with Crippen molar-refractivity contribution in [3.63, 3.8) is 0 Å². The van der Waals surface area contributed by atoms with Gasteiger partial charge in [0.1, 0.15) is 22.7 Å². The summed E-state index contributed by atoms with van der Waals surface area (Å²) in [5.74, 6) is -0.207. The highest BCUT2D eigenvalue weighted by Gasteiger charge is 2.19. The van der Waals surface area contributed by atoms with Crippen LogP contribution < -0.4 is 10.1 Å². The Morgan fingerprint density at radius 2 is 2.00 bits per heavy atom. The number of benzene rings is 2. The van der Waals surface area contributed by atoms with Crippen LogP contribution >= 0.6 is 11.6 Å². The number of nitrogens with zero attached hydrogens (tertiary/aromatic N) is 3. The first kappa shape index (κ1) is 19.8. The smallest absolute Gasteiger partial charge is 0.265 e. The van der Waals surface area contributed by atoms with Crippen molar-refractivity contribution in [3.05, 3.63) is 70.8 Å². The fraction of sp³-hybridized carbons (Fsp3) is 0.143. The number of nitrogens with one attached hydrogen (secondary N) is 1. The summed E-state index contributed by atoms with van der Waals surface area (Å²) in [6, 6.07) is 13.4. The monoisotopic (exact) mass is 426 g/mol. The summed E-state index contributed by atoms with van der Waals surface area (Å²) in [7, 11) is 0. The van der Waals surface area contributed by atoms with Crippen LogP contribution in [0.2, 0.25) is 5.02 Å². The molecule has 152 valence electrons. The van der Waals surface area contributed by atoms with Crippen LogP contribution in [-0.2, 0) is 11.3 Å². The minimum Gasteiger partial charge on any atom is -0.467 e. The molecule has 0 atom stereocenters. The Bertz CT molecular complexity index is 1210. The number of hydrogen-bond acceptors (Lipinski definition) is 6. The summed E-state index contributed by atoms with van der Waals surface area (Å²) in [5.41, 5.74) is 2.20. The number of fused-ring (bicyclic) bond motifs is 1. The molecule has 4 rings (SSSR count). The zero-order valence-corrected chi connectivity index (χ0v) is 16.6. The molecule has 0 saturated heterocycles. The minimum absolute atomic E-state index is 0.141. The van der Waals surface area contributed by atoms with Crippen molar-refractivity contribution in [2.45, 2.75) is 13.5 Å². The average Bonchev–Trinajstić information content (AvgIpc) is 3.16. The Kier molecular flexibility index (Phi) is 5.58. The van der Waals surface area contributed by atoms with Gasteiger partial charge in [-0.25, -0.2) is 4.39 Å². The number of aryl methyl sites for hydroxylation is 1. The molecule has 2 heterocycles. The Morgan fingerprint density at radius 3 is 2.77 bits per heavy atom. The number of carbonyl (C=O) groups is 1. The van der Waals surface area contributed by atoms with Crippen LogP contribution in [0.25, 0.3) is 22.4 Å². The highest BCUT2D eigenvalue weighted by atomic mass is 35.5. The first-order chi connectivity index (χ1) is 14.5. The second kappa shape index (κ2) is 8.46. The molecule has 0 spiro atoms. The van der Waals surface area contributed by atoms with Gasteiger partial charge in [0.2, 0.25) is 5.88 Å². The van der Waals surface area contributed by atoms with E-state index in [2.05, 4.69) is 20.4 Å². The molecular weight excluding hydrogens is 411 g/mol. The standard InChI is InChI=1S/C21H16ClFN4O3/c1-12-25-20(18-19(27-30-21(18)26-12)13-5-3-2-4-6-13)29-11-17(28)24-10-14-7-8-15(23)9-16(14)22/h2-9H,10-11H2,1H3,(H,24,28). The van der Waals surface area contributed by atoms with Crippen LogP contribution in [0.1, 0.15) is 11.4 Å². The lowest BCUT2D eigenvalue weighted by Gasteiger charge is -2.09. The maximum atomic E-state index is 13.1. The van der Waals surface area contributed by atoms with Crippen LogP contribution in [0.5, 0.6) is 5.88 Å². The van der Waals surface area contributed by atoms with Crippen molar-refractivity contribution >= 4 is 28.6 Å². The lowest BCUT2D eigenvalue weighted by atomic mass is 10.1. The van der Waals surface area contributed by atoms with E-state index in [4.69, 9.17) is 20.9 Å². The quantitative estimate of drug-likeness (QED) is 0.499. The molecule has 0 aliphatic heterocycles. The van der Waals surface area contributed by atoms with Gasteiger partial charge >= 0.3 is 0 Å². The van der Waals surface area contributed by atoms with Crippen molar-refractivity contribution in [2.24, 2.45) is 0 Å². The van der Waals surface area contributed by atoms with E-state index < -0.39 is 11.7 Å². The third-order valence-electron chi connectivity index (χ3n) is 4.29. The Hall–Kier alpha value is -3.52. The average molecular weight is 427 g/mol. The van der Waals surface area contributed by atoms with Gasteiger partial charge in [-0.3, -0.25) is 4.79 Å². The Morgan fingerprint density at radius 1 is 1.20 bits per heavy atom. The number of rotatable bonds is 6. The van der Waals surface area contributed by atoms with Crippen LogP contribution in [0, 0.1) is 12.7 Å². The number of aromatic nitrogens is 3. The fourth-order valence-electron chi connectivity index (χ4n) is 2.87. The molecule has 4 aromatic rings. The van der Waals surface area contributed by atoms with Gasteiger partial charge < -0.3 is 14.6 Å². The maximum Gasteiger partial charge on any atom is 0.265 e. The summed E-state index contributed by atoms with van der Waals surface area (Å²) in [6.07, 6.45) is 0. The van der Waals surface area contributed by atoms with Gasteiger partial charge in [0.15, 0.2) is 6.61 Å². The molecule has 7 nitrogen and oxygen atoms in total. The van der Waals surface area contributed by atoms with Crippen LogP contribution in [0.4, 0.5) is 4.39 Å². The van der Waals surface area contributed by atoms with Crippen LogP contribution in [-0.4, -0.2) is 27.6 Å². The molecular formula is C21H16ClFN4O3. The van der Waals surface area contributed by atoms with E-state index in [0.29, 0.717) is 22.5 Å². The van der Waals surface area contributed by atoms with E-state index in [0.717, 1.165) is 5.56 Å². The highest BCUT2D eigenvalue weighted by molar-refractivity contribution is 6.31. The van der Waals surface area contributed by atoms with E-state index >= 15 is 0 Å². The molecule has 2 aromatic carbocycles. The number of amides is 1. The van der Waals surface area contributed by atoms with Gasteiger partial charge in [-0.05, 0) is 24.6 Å². The highest BCUT2D eigenvalue weighted by Crippen LogP contribution is 2.32. The summed E-state index contributed by atoms with van der Waals surface area (Å²) in [5, 5.41) is 7.49. The lowest BCUT2D eigenvalue weighted by Crippen LogP contribution is -2.28. The van der Waals surface area contributed by atoms with Gasteiger partial charge in [0.25, 0.3) is 11.6 Å². The molecule has 0 saturated carbocycles. The van der Waals surface area contributed by atoms with E-state index in [-0.39, 0.29) is 29.8 Å². The summed E-state index contributed by atoms with van der Waals surface area (Å²) in [4.78, 5) is 20.8. The molecule has 0 aliphatic carbocycles. The number of carbonyl (C=O) groups excluding carboxylic acids is 1. The topological polar surface area (TPSA) is 90.1 Å². The van der Waals surface area contributed by atoms with Gasteiger partial charge in [-0.2, -0.15) is 9.97 Å². The van der Waals surface area contributed by atoms with Crippen molar-refractivity contribution in [1.82, 2.24) is 20.4 Å². The van der Waals surface area contributed by atoms with E-state index in [1.54, 1.807) is 6.92 Å². The van der Waals surface area contributed by atoms with Crippen molar-refractivity contribution in [3.8, 4) is 17.1 Å². The second-order valence-corrected chi connectivity index (χ2v) is 6.86. The molecule has 9 heteroatoms. The largest absolute Gasteiger partial charge is 0.467 e. The van der Waals surface area contributed by atoms with Crippen LogP contribution in [0.3, 0.4) is 0 Å². The molecule has 0 unspecified atom stereocenters. The SMILES string of the molecule is Cc1nc(OCC(=O)NCc2ccc(F)cc2Cl)c2c(-c3ccccc3)noc2n1. The molecule has 0 aliphatic rings. The summed E-state index contributed by atoms with van der Waals surface area (Å²) >= 11 is 5.97. The minimum atomic E-state index is -0.440. The first-order valence-corrected chi connectivity index (χ1v) is 9.42. The Balaban J connectivity index is 1.50. The second-order valence-electron chi connectivity index (χ2n) is 6.45.